The average Bonchev–Trinajstić information content (AvgIpc) is 2.30. The smallest absolute Gasteiger partial charge is 0.0770 e. The fraction of sp³-hybridized carbons (Fsp3) is 0.600. The summed E-state index contributed by atoms with van der Waals surface area (Å²) in [5, 5.41) is 0. The summed E-state index contributed by atoms with van der Waals surface area (Å²) in [6.45, 7) is 1.10. The van der Waals surface area contributed by atoms with Crippen molar-refractivity contribution in [2.45, 2.75) is 12.1 Å². The third-order valence-electron chi connectivity index (χ3n) is 2.78. The first-order valence-corrected chi connectivity index (χ1v) is 6.24. The molecule has 0 spiro atoms. The van der Waals surface area contributed by atoms with Crippen LogP contribution in [0, 0.1) is 0 Å². The van der Waals surface area contributed by atoms with E-state index in [1.165, 1.54) is 5.75 Å². The molecule has 0 amide bonds. The molecule has 4 nitrogen and oxygen atoms in total. The number of aromatic nitrogens is 2. The van der Waals surface area contributed by atoms with E-state index in [0.29, 0.717) is 6.04 Å². The van der Waals surface area contributed by atoms with E-state index in [-0.39, 0.29) is 6.04 Å². The Balaban J connectivity index is 2.09. The third kappa shape index (κ3) is 2.48. The second-order valence-electron chi connectivity index (χ2n) is 3.78. The van der Waals surface area contributed by atoms with Crippen molar-refractivity contribution in [3.05, 3.63) is 24.3 Å². The summed E-state index contributed by atoms with van der Waals surface area (Å²) < 4.78 is 0. The molecule has 1 aliphatic heterocycles. The molecule has 1 aromatic heterocycles. The van der Waals surface area contributed by atoms with E-state index in [2.05, 4.69) is 21.9 Å². The summed E-state index contributed by atoms with van der Waals surface area (Å²) >= 11 is 1.96. The molecule has 82 valence electrons. The SMILES string of the molecule is CN1CCSCC1C(N)c1cnccn1. The molecule has 2 rings (SSSR count). The minimum atomic E-state index is -0.0310. The lowest BCUT2D eigenvalue weighted by Gasteiger charge is -2.35. The second kappa shape index (κ2) is 4.92. The van der Waals surface area contributed by atoms with Crippen LogP contribution in [0.25, 0.3) is 0 Å². The van der Waals surface area contributed by atoms with Gasteiger partial charge in [0.2, 0.25) is 0 Å². The van der Waals surface area contributed by atoms with Gasteiger partial charge in [0.1, 0.15) is 0 Å². The molecule has 2 atom stereocenters. The Hall–Kier alpha value is -0.650. The van der Waals surface area contributed by atoms with Gasteiger partial charge in [0.05, 0.1) is 17.9 Å². The van der Waals surface area contributed by atoms with Gasteiger partial charge in [-0.1, -0.05) is 0 Å². The quantitative estimate of drug-likeness (QED) is 0.794. The van der Waals surface area contributed by atoms with Gasteiger partial charge in [0.15, 0.2) is 0 Å². The van der Waals surface area contributed by atoms with Crippen molar-refractivity contribution < 1.29 is 0 Å². The molecule has 0 bridgehead atoms. The molecular weight excluding hydrogens is 208 g/mol. The lowest BCUT2D eigenvalue weighted by Crippen LogP contribution is -2.46. The molecule has 2 heterocycles. The Bertz CT molecular complexity index is 306. The number of thioether (sulfide) groups is 1. The Kier molecular flexibility index (Phi) is 3.56. The monoisotopic (exact) mass is 224 g/mol. The van der Waals surface area contributed by atoms with Crippen molar-refractivity contribution in [3.63, 3.8) is 0 Å². The zero-order chi connectivity index (χ0) is 10.7. The lowest BCUT2D eigenvalue weighted by atomic mass is 10.1. The Morgan fingerprint density at radius 3 is 3.13 bits per heavy atom. The van der Waals surface area contributed by atoms with Crippen LogP contribution in [0.5, 0.6) is 0 Å². The number of hydrogen-bond donors (Lipinski definition) is 1. The van der Waals surface area contributed by atoms with Crippen molar-refractivity contribution >= 4 is 11.8 Å². The summed E-state index contributed by atoms with van der Waals surface area (Å²) in [5.74, 6) is 2.27. The average molecular weight is 224 g/mol. The lowest BCUT2D eigenvalue weighted by molar-refractivity contribution is 0.235. The van der Waals surface area contributed by atoms with E-state index in [4.69, 9.17) is 5.73 Å². The standard InChI is InChI=1S/C10H16N4S/c1-14-4-5-15-7-9(14)10(11)8-6-12-2-3-13-8/h2-3,6,9-10H,4-5,7,11H2,1H3. The fourth-order valence-electron chi connectivity index (χ4n) is 1.76. The van der Waals surface area contributed by atoms with Gasteiger partial charge in [-0.05, 0) is 7.05 Å². The third-order valence-corrected chi connectivity index (χ3v) is 3.83. The van der Waals surface area contributed by atoms with Gasteiger partial charge in [-0.2, -0.15) is 11.8 Å². The summed E-state index contributed by atoms with van der Waals surface area (Å²) in [4.78, 5) is 10.6. The van der Waals surface area contributed by atoms with Crippen LogP contribution in [0.4, 0.5) is 0 Å². The number of nitrogens with zero attached hydrogens (tertiary/aromatic N) is 3. The molecule has 2 N–H and O–H groups in total. The molecular formula is C10H16N4S. The topological polar surface area (TPSA) is 55.0 Å². The molecule has 0 aliphatic carbocycles. The second-order valence-corrected chi connectivity index (χ2v) is 4.93. The maximum Gasteiger partial charge on any atom is 0.0770 e. The number of hydrogen-bond acceptors (Lipinski definition) is 5. The molecule has 1 aromatic rings. The van der Waals surface area contributed by atoms with Gasteiger partial charge in [-0.25, -0.2) is 0 Å². The highest BCUT2D eigenvalue weighted by molar-refractivity contribution is 7.99. The normalized spacial score (nSPS) is 25.1. The van der Waals surface area contributed by atoms with Crippen LogP contribution in [0.3, 0.4) is 0 Å². The Morgan fingerprint density at radius 2 is 2.47 bits per heavy atom. The number of likely N-dealkylation sites (N-methyl/N-ethyl adjacent to an activating group) is 1. The van der Waals surface area contributed by atoms with Crippen LogP contribution in [0.15, 0.2) is 18.6 Å². The van der Waals surface area contributed by atoms with Crippen LogP contribution in [0.1, 0.15) is 11.7 Å². The van der Waals surface area contributed by atoms with E-state index in [9.17, 15) is 0 Å². The minimum absolute atomic E-state index is 0.0310. The van der Waals surface area contributed by atoms with Crippen molar-refractivity contribution in [2.75, 3.05) is 25.1 Å². The molecule has 1 saturated heterocycles. The highest BCUT2D eigenvalue weighted by Gasteiger charge is 2.27. The Labute approximate surface area is 94.3 Å². The maximum absolute atomic E-state index is 6.20. The van der Waals surface area contributed by atoms with Gasteiger partial charge >= 0.3 is 0 Å². The first-order valence-electron chi connectivity index (χ1n) is 5.08. The molecule has 0 saturated carbocycles. The van der Waals surface area contributed by atoms with E-state index in [1.807, 2.05) is 11.8 Å². The number of nitrogens with two attached hydrogens (primary N) is 1. The molecule has 0 aromatic carbocycles. The van der Waals surface area contributed by atoms with Gasteiger partial charge < -0.3 is 5.73 Å². The van der Waals surface area contributed by atoms with Crippen molar-refractivity contribution in [2.24, 2.45) is 5.73 Å². The summed E-state index contributed by atoms with van der Waals surface area (Å²) in [5.41, 5.74) is 7.09. The highest BCUT2D eigenvalue weighted by atomic mass is 32.2. The van der Waals surface area contributed by atoms with Crippen molar-refractivity contribution in [1.29, 1.82) is 0 Å². The fourth-order valence-corrected chi connectivity index (χ4v) is 3.05. The van der Waals surface area contributed by atoms with Crippen LogP contribution in [-0.2, 0) is 0 Å². The largest absolute Gasteiger partial charge is 0.321 e. The summed E-state index contributed by atoms with van der Waals surface area (Å²) in [6.07, 6.45) is 5.14. The highest BCUT2D eigenvalue weighted by Crippen LogP contribution is 2.23. The predicted molar refractivity (Wildman–Crippen MR) is 62.7 cm³/mol. The van der Waals surface area contributed by atoms with Gasteiger partial charge in [0.25, 0.3) is 0 Å². The van der Waals surface area contributed by atoms with Crippen LogP contribution >= 0.6 is 11.8 Å². The van der Waals surface area contributed by atoms with E-state index >= 15 is 0 Å². The first-order chi connectivity index (χ1) is 7.29. The minimum Gasteiger partial charge on any atom is -0.321 e. The molecule has 0 radical (unpaired) electrons. The number of rotatable bonds is 2. The molecule has 2 unspecified atom stereocenters. The first kappa shape index (κ1) is 10.9. The van der Waals surface area contributed by atoms with Crippen LogP contribution in [-0.4, -0.2) is 46.0 Å². The summed E-state index contributed by atoms with van der Waals surface area (Å²) in [6, 6.07) is 0.344. The van der Waals surface area contributed by atoms with Gasteiger partial charge in [-0.3, -0.25) is 14.9 Å². The summed E-state index contributed by atoms with van der Waals surface area (Å²) in [7, 11) is 2.13. The van der Waals surface area contributed by atoms with Gasteiger partial charge in [-0.15, -0.1) is 0 Å². The van der Waals surface area contributed by atoms with E-state index in [0.717, 1.165) is 18.0 Å². The van der Waals surface area contributed by atoms with Crippen LogP contribution in [0.2, 0.25) is 0 Å². The van der Waals surface area contributed by atoms with E-state index in [1.54, 1.807) is 18.6 Å². The van der Waals surface area contributed by atoms with Gasteiger partial charge in [0, 0.05) is 36.5 Å². The molecule has 1 fully saturated rings. The zero-order valence-corrected chi connectivity index (χ0v) is 9.65. The van der Waals surface area contributed by atoms with Crippen molar-refractivity contribution in [1.82, 2.24) is 14.9 Å². The predicted octanol–water partition coefficient (Wildman–Crippen LogP) is 0.524. The molecule has 5 heteroatoms. The maximum atomic E-state index is 6.20. The molecule has 15 heavy (non-hydrogen) atoms. The molecule has 1 aliphatic rings. The zero-order valence-electron chi connectivity index (χ0n) is 8.84. The van der Waals surface area contributed by atoms with Crippen molar-refractivity contribution in [3.8, 4) is 0 Å². The Morgan fingerprint density at radius 1 is 1.60 bits per heavy atom. The van der Waals surface area contributed by atoms with E-state index < -0.39 is 0 Å². The van der Waals surface area contributed by atoms with Crippen LogP contribution < -0.4 is 5.73 Å².